The second-order valence-corrected chi connectivity index (χ2v) is 10.9. The summed E-state index contributed by atoms with van der Waals surface area (Å²) < 4.78 is 10.7. The molecule has 32 heavy (non-hydrogen) atoms. The molecule has 5 nitrogen and oxygen atoms in total. The van der Waals surface area contributed by atoms with Crippen LogP contribution in [-0.4, -0.2) is 31.3 Å². The minimum Gasteiger partial charge on any atom is -0.464 e. The summed E-state index contributed by atoms with van der Waals surface area (Å²) in [5, 5.41) is 2.68. The third-order valence-corrected chi connectivity index (χ3v) is 5.41. The zero-order valence-electron chi connectivity index (χ0n) is 22.1. The third kappa shape index (κ3) is 20.6. The molecule has 0 aromatic rings. The molecule has 0 bridgehead atoms. The second-order valence-electron chi connectivity index (χ2n) is 10.9. The number of unbranched alkanes of at least 4 members (excludes halogenated alkanes) is 12. The Kier molecular flexibility index (Phi) is 18.5. The van der Waals surface area contributed by atoms with E-state index in [1.165, 1.54) is 70.6 Å². The van der Waals surface area contributed by atoms with Gasteiger partial charge in [-0.25, -0.2) is 9.59 Å². The number of rotatable bonds is 19. The largest absolute Gasteiger partial charge is 0.464 e. The highest BCUT2D eigenvalue weighted by atomic mass is 16.6. The molecule has 0 aliphatic heterocycles. The topological polar surface area (TPSA) is 64.6 Å². The molecule has 0 aromatic carbocycles. The molecule has 190 valence electrons. The molecule has 0 saturated heterocycles. The monoisotopic (exact) mass is 455 g/mol. The number of hydrogen-bond acceptors (Lipinski definition) is 4. The van der Waals surface area contributed by atoms with Crippen LogP contribution in [0.3, 0.4) is 0 Å². The van der Waals surface area contributed by atoms with Gasteiger partial charge in [0.2, 0.25) is 0 Å². The summed E-state index contributed by atoms with van der Waals surface area (Å²) >= 11 is 0. The molecule has 0 saturated carbocycles. The summed E-state index contributed by atoms with van der Waals surface area (Å²) in [6.45, 7) is 13.0. The molecule has 1 unspecified atom stereocenters. The first-order chi connectivity index (χ1) is 15.2. The van der Waals surface area contributed by atoms with Crippen LogP contribution in [0, 0.1) is 11.3 Å². The van der Waals surface area contributed by atoms with E-state index < -0.39 is 12.1 Å². The minimum atomic E-state index is -0.649. The average molecular weight is 456 g/mol. The van der Waals surface area contributed by atoms with Gasteiger partial charge in [0.05, 0.1) is 13.2 Å². The van der Waals surface area contributed by atoms with Crippen molar-refractivity contribution in [3.63, 3.8) is 0 Å². The van der Waals surface area contributed by atoms with Crippen molar-refractivity contribution in [2.45, 2.75) is 137 Å². The zero-order chi connectivity index (χ0) is 24.2. The van der Waals surface area contributed by atoms with Gasteiger partial charge in [-0.3, -0.25) is 0 Å². The van der Waals surface area contributed by atoms with Crippen molar-refractivity contribution in [1.82, 2.24) is 5.32 Å². The Morgan fingerprint density at radius 2 is 1.22 bits per heavy atom. The van der Waals surface area contributed by atoms with Crippen LogP contribution in [0.1, 0.15) is 131 Å². The quantitative estimate of drug-likeness (QED) is 0.159. The number of alkyl carbamates (subject to hydrolysis) is 1. The van der Waals surface area contributed by atoms with Crippen molar-refractivity contribution in [1.29, 1.82) is 0 Å². The van der Waals surface area contributed by atoms with Gasteiger partial charge >= 0.3 is 12.1 Å². The van der Waals surface area contributed by atoms with Crippen LogP contribution >= 0.6 is 0 Å². The Labute approximate surface area is 198 Å². The lowest BCUT2D eigenvalue weighted by Crippen LogP contribution is -2.43. The Morgan fingerprint density at radius 3 is 1.66 bits per heavy atom. The highest BCUT2D eigenvalue weighted by Crippen LogP contribution is 2.14. The van der Waals surface area contributed by atoms with Gasteiger partial charge in [-0.15, -0.1) is 0 Å². The summed E-state index contributed by atoms with van der Waals surface area (Å²) in [7, 11) is 0. The SMILES string of the molecule is CCCCCCCCCCCCCCCOC(=O)C(CC(C)C)NC(=O)OCC(C)(C)C. The van der Waals surface area contributed by atoms with Crippen molar-refractivity contribution in [3.8, 4) is 0 Å². The lowest BCUT2D eigenvalue weighted by molar-refractivity contribution is -0.146. The summed E-state index contributed by atoms with van der Waals surface area (Å²) in [6.07, 6.45) is 16.7. The van der Waals surface area contributed by atoms with E-state index in [-0.39, 0.29) is 17.3 Å². The van der Waals surface area contributed by atoms with E-state index in [9.17, 15) is 9.59 Å². The second kappa shape index (κ2) is 19.2. The molecule has 0 aromatic heterocycles. The normalized spacial score (nSPS) is 12.6. The molecular weight excluding hydrogens is 402 g/mol. The molecule has 0 aliphatic rings. The fourth-order valence-corrected chi connectivity index (χ4v) is 3.54. The fraction of sp³-hybridized carbons (Fsp3) is 0.926. The Bertz CT molecular complexity index is 471. The summed E-state index contributed by atoms with van der Waals surface area (Å²) in [5.74, 6) is -0.0860. The van der Waals surface area contributed by atoms with Crippen LogP contribution in [-0.2, 0) is 14.3 Å². The average Bonchev–Trinajstić information content (AvgIpc) is 2.71. The van der Waals surface area contributed by atoms with Gasteiger partial charge in [0.15, 0.2) is 0 Å². The van der Waals surface area contributed by atoms with Gasteiger partial charge in [-0.1, -0.05) is 119 Å². The lowest BCUT2D eigenvalue weighted by Gasteiger charge is -2.22. The summed E-state index contributed by atoms with van der Waals surface area (Å²) in [4.78, 5) is 24.5. The molecule has 1 N–H and O–H groups in total. The van der Waals surface area contributed by atoms with E-state index in [0.717, 1.165) is 12.8 Å². The third-order valence-electron chi connectivity index (χ3n) is 5.41. The molecule has 5 heteroatoms. The Morgan fingerprint density at radius 1 is 0.750 bits per heavy atom. The van der Waals surface area contributed by atoms with Gasteiger partial charge in [0.1, 0.15) is 6.04 Å². The predicted octanol–water partition coefficient (Wildman–Crippen LogP) is 7.81. The van der Waals surface area contributed by atoms with Crippen molar-refractivity contribution in [2.24, 2.45) is 11.3 Å². The molecular formula is C27H53NO4. The van der Waals surface area contributed by atoms with Crippen molar-refractivity contribution >= 4 is 12.1 Å². The van der Waals surface area contributed by atoms with Gasteiger partial charge in [-0.05, 0) is 24.2 Å². The van der Waals surface area contributed by atoms with Gasteiger partial charge in [0, 0.05) is 0 Å². The van der Waals surface area contributed by atoms with E-state index in [2.05, 4.69) is 12.2 Å². The van der Waals surface area contributed by atoms with Crippen molar-refractivity contribution < 1.29 is 19.1 Å². The molecule has 0 heterocycles. The van der Waals surface area contributed by atoms with E-state index in [4.69, 9.17) is 9.47 Å². The number of nitrogens with one attached hydrogen (secondary N) is 1. The lowest BCUT2D eigenvalue weighted by atomic mass is 9.99. The number of hydrogen-bond donors (Lipinski definition) is 1. The Balaban J connectivity index is 3.85. The molecule has 0 radical (unpaired) electrons. The predicted molar refractivity (Wildman–Crippen MR) is 134 cm³/mol. The molecule has 1 atom stereocenters. The summed E-state index contributed by atoms with van der Waals surface area (Å²) in [6, 6.07) is -0.649. The van der Waals surface area contributed by atoms with E-state index >= 15 is 0 Å². The smallest absolute Gasteiger partial charge is 0.407 e. The standard InChI is InChI=1S/C27H53NO4/c1-7-8-9-10-11-12-13-14-15-16-17-18-19-20-31-25(29)24(21-23(2)3)28-26(30)32-22-27(4,5)6/h23-24H,7-22H2,1-6H3,(H,28,30). The number of carbonyl (C=O) groups excluding carboxylic acids is 2. The number of carbonyl (C=O) groups is 2. The molecule has 0 fully saturated rings. The summed E-state index contributed by atoms with van der Waals surface area (Å²) in [5.41, 5.74) is -0.111. The number of amides is 1. The maximum Gasteiger partial charge on any atom is 0.407 e. The van der Waals surface area contributed by atoms with Crippen LogP contribution in [0.25, 0.3) is 0 Å². The zero-order valence-corrected chi connectivity index (χ0v) is 22.1. The first-order valence-electron chi connectivity index (χ1n) is 13.3. The minimum absolute atomic E-state index is 0.111. The molecule has 1 amide bonds. The van der Waals surface area contributed by atoms with Crippen molar-refractivity contribution in [3.05, 3.63) is 0 Å². The molecule has 0 rings (SSSR count). The molecule has 0 spiro atoms. The van der Waals surface area contributed by atoms with Crippen LogP contribution in [0.5, 0.6) is 0 Å². The van der Waals surface area contributed by atoms with Crippen LogP contribution in [0.4, 0.5) is 4.79 Å². The van der Waals surface area contributed by atoms with Crippen LogP contribution in [0.15, 0.2) is 0 Å². The first kappa shape index (κ1) is 30.7. The van der Waals surface area contributed by atoms with E-state index in [1.54, 1.807) is 0 Å². The van der Waals surface area contributed by atoms with Crippen LogP contribution < -0.4 is 5.32 Å². The highest BCUT2D eigenvalue weighted by Gasteiger charge is 2.24. The maximum atomic E-state index is 12.4. The highest BCUT2D eigenvalue weighted by molar-refractivity contribution is 5.81. The number of ether oxygens (including phenoxy) is 2. The van der Waals surface area contributed by atoms with Gasteiger partial charge in [0.25, 0.3) is 0 Å². The van der Waals surface area contributed by atoms with Gasteiger partial charge in [-0.2, -0.15) is 0 Å². The van der Waals surface area contributed by atoms with E-state index in [0.29, 0.717) is 19.6 Å². The van der Waals surface area contributed by atoms with Crippen molar-refractivity contribution in [2.75, 3.05) is 13.2 Å². The fourth-order valence-electron chi connectivity index (χ4n) is 3.54. The van der Waals surface area contributed by atoms with E-state index in [1.807, 2.05) is 34.6 Å². The maximum absolute atomic E-state index is 12.4. The molecule has 0 aliphatic carbocycles. The first-order valence-corrected chi connectivity index (χ1v) is 13.3. The van der Waals surface area contributed by atoms with Gasteiger partial charge < -0.3 is 14.8 Å². The number of esters is 1. The van der Waals surface area contributed by atoms with Crippen LogP contribution in [0.2, 0.25) is 0 Å². The Hall–Kier alpha value is -1.26.